The van der Waals surface area contributed by atoms with Crippen molar-refractivity contribution in [3.8, 4) is 0 Å². The van der Waals surface area contributed by atoms with E-state index in [1.54, 1.807) is 11.6 Å². The van der Waals surface area contributed by atoms with E-state index in [1.807, 2.05) is 19.2 Å². The summed E-state index contributed by atoms with van der Waals surface area (Å²) in [6.07, 6.45) is 5.69. The molecule has 5 rings (SSSR count). The zero-order valence-corrected chi connectivity index (χ0v) is 21.2. The summed E-state index contributed by atoms with van der Waals surface area (Å²) in [5.41, 5.74) is 2.80. The molecule has 1 aromatic heterocycles. The van der Waals surface area contributed by atoms with Gasteiger partial charge >= 0.3 is 0 Å². The quantitative estimate of drug-likeness (QED) is 0.668. The maximum Gasteiger partial charge on any atom is 0.272 e. The lowest BCUT2D eigenvalue weighted by Gasteiger charge is -2.52. The van der Waals surface area contributed by atoms with Gasteiger partial charge in [-0.15, -0.1) is 0 Å². The number of fused-ring (bicyclic) bond motifs is 1. The molecule has 0 radical (unpaired) electrons. The number of rotatable bonds is 5. The molecule has 182 valence electrons. The van der Waals surface area contributed by atoms with Gasteiger partial charge in [0, 0.05) is 31.5 Å². The van der Waals surface area contributed by atoms with E-state index in [1.165, 1.54) is 5.56 Å². The number of nitrogens with zero attached hydrogens (tertiary/aromatic N) is 4. The molecule has 0 N–H and O–H groups in total. The van der Waals surface area contributed by atoms with Crippen molar-refractivity contribution in [3.63, 3.8) is 0 Å². The Bertz CT molecular complexity index is 1080. The molecule has 34 heavy (non-hydrogen) atoms. The molecule has 2 bridgehead atoms. The van der Waals surface area contributed by atoms with Gasteiger partial charge in [0.1, 0.15) is 5.69 Å². The van der Waals surface area contributed by atoms with E-state index in [0.29, 0.717) is 11.6 Å². The van der Waals surface area contributed by atoms with Crippen LogP contribution in [0.15, 0.2) is 36.4 Å². The monoisotopic (exact) mass is 462 g/mol. The predicted octanol–water partition coefficient (Wildman–Crippen LogP) is 4.23. The number of hydrogen-bond donors (Lipinski definition) is 0. The SMILES string of the molecule is CC(=O)N1[C@@H](Cc2ccccc2)[C@@H]2C[C@@]3(C)[C@H](CCC[C@@H]13)N2C(=O)c1cc(CC(C)C)nn1C. The van der Waals surface area contributed by atoms with Crippen LogP contribution in [0.4, 0.5) is 0 Å². The topological polar surface area (TPSA) is 58.4 Å². The molecular formula is C28H38N4O2. The Kier molecular flexibility index (Phi) is 5.81. The van der Waals surface area contributed by atoms with E-state index in [-0.39, 0.29) is 41.4 Å². The Labute approximate surface area is 203 Å². The molecule has 5 atom stereocenters. The van der Waals surface area contributed by atoms with E-state index in [4.69, 9.17) is 0 Å². The van der Waals surface area contributed by atoms with Gasteiger partial charge in [0.2, 0.25) is 5.91 Å². The van der Waals surface area contributed by atoms with Gasteiger partial charge in [-0.1, -0.05) is 51.1 Å². The molecule has 2 aromatic rings. The largest absolute Gasteiger partial charge is 0.334 e. The fraction of sp³-hybridized carbons (Fsp3) is 0.607. The fourth-order valence-corrected chi connectivity index (χ4v) is 7.30. The average Bonchev–Trinajstić information content (AvgIpc) is 3.29. The number of likely N-dealkylation sites (tertiary alicyclic amines) is 2. The van der Waals surface area contributed by atoms with Gasteiger partial charge in [-0.2, -0.15) is 5.10 Å². The molecular weight excluding hydrogens is 424 g/mol. The summed E-state index contributed by atoms with van der Waals surface area (Å²) in [4.78, 5) is 31.6. The minimum atomic E-state index is -0.0587. The van der Waals surface area contributed by atoms with Crippen LogP contribution in [-0.4, -0.2) is 55.6 Å². The number of carbonyl (C=O) groups excluding carboxylic acids is 2. The standard InChI is InChI=1S/C28H38N4O2/c1-18(2)14-21-16-23(30(5)29-21)27(34)32-24-17-28(4)25(12-9-13-26(28)32)31(19(3)33)22(24)15-20-10-7-6-8-11-20/h6-8,10-11,16,18,22,24-26H,9,12-15,17H2,1-5H3/t22-,24-,25+,26-,28+/m0/s1. The molecule has 3 heterocycles. The summed E-state index contributed by atoms with van der Waals surface area (Å²) in [5.74, 6) is 0.700. The van der Waals surface area contributed by atoms with Crippen LogP contribution in [0.1, 0.15) is 75.1 Å². The third-order valence-corrected chi connectivity index (χ3v) is 8.61. The van der Waals surface area contributed by atoms with E-state index in [2.05, 4.69) is 59.9 Å². The lowest BCUT2D eigenvalue weighted by atomic mass is 9.64. The van der Waals surface area contributed by atoms with Gasteiger partial charge in [-0.05, 0) is 56.1 Å². The Morgan fingerprint density at radius 2 is 1.79 bits per heavy atom. The number of amides is 2. The van der Waals surface area contributed by atoms with Gasteiger partial charge in [0.05, 0.1) is 17.8 Å². The minimum Gasteiger partial charge on any atom is -0.334 e. The highest BCUT2D eigenvalue weighted by Gasteiger charge is 2.64. The normalized spacial score (nSPS) is 30.2. The Balaban J connectivity index is 1.56. The van der Waals surface area contributed by atoms with Crippen LogP contribution in [0, 0.1) is 11.3 Å². The van der Waals surface area contributed by atoms with Crippen LogP contribution in [0.5, 0.6) is 0 Å². The number of benzene rings is 1. The molecule has 2 saturated heterocycles. The summed E-state index contributed by atoms with van der Waals surface area (Å²) in [7, 11) is 1.88. The van der Waals surface area contributed by atoms with Gasteiger partial charge < -0.3 is 9.80 Å². The molecule has 0 spiro atoms. The second-order valence-corrected chi connectivity index (χ2v) is 11.4. The van der Waals surface area contributed by atoms with Crippen LogP contribution >= 0.6 is 0 Å². The van der Waals surface area contributed by atoms with Crippen molar-refractivity contribution in [1.82, 2.24) is 19.6 Å². The smallest absolute Gasteiger partial charge is 0.272 e. The second kappa shape index (κ2) is 8.54. The predicted molar refractivity (Wildman–Crippen MR) is 132 cm³/mol. The molecule has 3 aliphatic rings. The summed E-state index contributed by atoms with van der Waals surface area (Å²) in [5, 5.41) is 4.66. The number of aromatic nitrogens is 2. The third kappa shape index (κ3) is 3.66. The molecule has 2 aliphatic heterocycles. The Hall–Kier alpha value is -2.63. The zero-order valence-electron chi connectivity index (χ0n) is 21.2. The van der Waals surface area contributed by atoms with Crippen LogP contribution in [-0.2, 0) is 24.7 Å². The number of aryl methyl sites for hydroxylation is 1. The number of carbonyl (C=O) groups is 2. The molecule has 1 aromatic carbocycles. The highest BCUT2D eigenvalue weighted by atomic mass is 16.2. The van der Waals surface area contributed by atoms with Crippen LogP contribution < -0.4 is 0 Å². The Morgan fingerprint density at radius 1 is 1.12 bits per heavy atom. The van der Waals surface area contributed by atoms with E-state index in [9.17, 15) is 9.59 Å². The first-order chi connectivity index (χ1) is 16.2. The van der Waals surface area contributed by atoms with Crippen molar-refractivity contribution in [2.75, 3.05) is 0 Å². The first kappa shape index (κ1) is 23.1. The maximum atomic E-state index is 14.2. The van der Waals surface area contributed by atoms with E-state index in [0.717, 1.165) is 44.2 Å². The summed E-state index contributed by atoms with van der Waals surface area (Å²) < 4.78 is 1.76. The van der Waals surface area contributed by atoms with E-state index < -0.39 is 0 Å². The molecule has 3 fully saturated rings. The number of piperidine rings is 1. The van der Waals surface area contributed by atoms with Crippen molar-refractivity contribution in [1.29, 1.82) is 0 Å². The lowest BCUT2D eigenvalue weighted by molar-refractivity contribution is -0.142. The molecule has 2 amide bonds. The Morgan fingerprint density at radius 3 is 2.44 bits per heavy atom. The molecule has 1 saturated carbocycles. The molecule has 6 heteroatoms. The first-order valence-corrected chi connectivity index (χ1v) is 12.9. The van der Waals surface area contributed by atoms with Crippen LogP contribution in [0.3, 0.4) is 0 Å². The summed E-state index contributed by atoms with van der Waals surface area (Å²) >= 11 is 0. The van der Waals surface area contributed by atoms with Gasteiger partial charge in [-0.25, -0.2) is 0 Å². The van der Waals surface area contributed by atoms with Crippen molar-refractivity contribution < 1.29 is 9.59 Å². The third-order valence-electron chi connectivity index (χ3n) is 8.61. The summed E-state index contributed by atoms with van der Waals surface area (Å²) in [6, 6.07) is 12.8. The lowest BCUT2D eigenvalue weighted by Crippen LogP contribution is -2.62. The van der Waals surface area contributed by atoms with E-state index >= 15 is 0 Å². The van der Waals surface area contributed by atoms with Crippen molar-refractivity contribution in [2.45, 2.75) is 90.4 Å². The average molecular weight is 463 g/mol. The second-order valence-electron chi connectivity index (χ2n) is 11.4. The van der Waals surface area contributed by atoms with Gasteiger partial charge in [0.25, 0.3) is 5.91 Å². The van der Waals surface area contributed by atoms with Crippen molar-refractivity contribution >= 4 is 11.8 Å². The van der Waals surface area contributed by atoms with Crippen molar-refractivity contribution in [2.24, 2.45) is 18.4 Å². The highest BCUT2D eigenvalue weighted by molar-refractivity contribution is 5.94. The van der Waals surface area contributed by atoms with Crippen LogP contribution in [0.2, 0.25) is 0 Å². The number of hydrogen-bond acceptors (Lipinski definition) is 3. The molecule has 0 unspecified atom stereocenters. The van der Waals surface area contributed by atoms with Gasteiger partial charge in [-0.3, -0.25) is 14.3 Å². The molecule has 1 aliphatic carbocycles. The highest BCUT2D eigenvalue weighted by Crippen LogP contribution is 2.56. The minimum absolute atomic E-state index is 0.00612. The molecule has 6 nitrogen and oxygen atoms in total. The summed E-state index contributed by atoms with van der Waals surface area (Å²) in [6.45, 7) is 8.38. The van der Waals surface area contributed by atoms with Crippen molar-refractivity contribution in [3.05, 3.63) is 53.3 Å². The first-order valence-electron chi connectivity index (χ1n) is 12.9. The maximum absolute atomic E-state index is 14.2. The zero-order chi connectivity index (χ0) is 24.2. The van der Waals surface area contributed by atoms with Gasteiger partial charge in [0.15, 0.2) is 0 Å². The fourth-order valence-electron chi connectivity index (χ4n) is 7.30. The van der Waals surface area contributed by atoms with Crippen LogP contribution in [0.25, 0.3) is 0 Å².